The van der Waals surface area contributed by atoms with E-state index in [1.165, 1.54) is 22.0 Å². The second-order valence-electron chi connectivity index (χ2n) is 8.23. The van der Waals surface area contributed by atoms with Crippen molar-refractivity contribution in [1.29, 1.82) is 0 Å². The third-order valence-corrected chi connectivity index (χ3v) is 8.42. The summed E-state index contributed by atoms with van der Waals surface area (Å²) in [7, 11) is -3.71. The maximum Gasteiger partial charge on any atom is 0.254 e. The molecule has 0 N–H and O–H groups in total. The van der Waals surface area contributed by atoms with Crippen molar-refractivity contribution in [3.05, 3.63) is 58.6 Å². The Hall–Kier alpha value is -2.09. The molecule has 2 aliphatic rings. The predicted octanol–water partition coefficient (Wildman–Crippen LogP) is 3.79. The lowest BCUT2D eigenvalue weighted by atomic mass is 10.1. The summed E-state index contributed by atoms with van der Waals surface area (Å²) in [4.78, 5) is 17.2. The molecular weight excluding hydrogens is 434 g/mol. The molecule has 4 rings (SSSR count). The average Bonchev–Trinajstić information content (AvgIpc) is 2.79. The zero-order valence-corrected chi connectivity index (χ0v) is 19.3. The Kier molecular flexibility index (Phi) is 6.55. The van der Waals surface area contributed by atoms with E-state index in [9.17, 15) is 13.2 Å². The summed E-state index contributed by atoms with van der Waals surface area (Å²) in [5.41, 5.74) is 2.73. The van der Waals surface area contributed by atoms with E-state index in [0.29, 0.717) is 31.7 Å². The molecule has 0 aromatic heterocycles. The van der Waals surface area contributed by atoms with Gasteiger partial charge in [-0.3, -0.25) is 4.79 Å². The number of hydrogen-bond acceptors (Lipinski definition) is 4. The zero-order chi connectivity index (χ0) is 22.0. The number of piperazine rings is 1. The van der Waals surface area contributed by atoms with Crippen LogP contribution in [0.4, 0.5) is 5.69 Å². The molecule has 8 heteroatoms. The molecule has 166 valence electrons. The third kappa shape index (κ3) is 4.73. The van der Waals surface area contributed by atoms with E-state index in [1.54, 1.807) is 11.0 Å². The molecule has 0 bridgehead atoms. The van der Waals surface area contributed by atoms with Gasteiger partial charge in [0.1, 0.15) is 4.90 Å². The SMILES string of the molecule is Cc1cccc(N2CCN(C(=O)c3ccc(Cl)c(S(=O)(=O)N4CCCCC4)c3)CC2)c1. The van der Waals surface area contributed by atoms with Crippen molar-refractivity contribution in [2.24, 2.45) is 0 Å². The normalized spacial score (nSPS) is 18.3. The van der Waals surface area contributed by atoms with Gasteiger partial charge in [0.15, 0.2) is 0 Å². The Labute approximate surface area is 189 Å². The van der Waals surface area contributed by atoms with Crippen molar-refractivity contribution in [2.45, 2.75) is 31.1 Å². The molecule has 2 heterocycles. The van der Waals surface area contributed by atoms with E-state index in [1.807, 2.05) is 6.07 Å². The zero-order valence-electron chi connectivity index (χ0n) is 17.8. The molecule has 0 aliphatic carbocycles. The smallest absolute Gasteiger partial charge is 0.254 e. The van der Waals surface area contributed by atoms with Gasteiger partial charge in [-0.2, -0.15) is 4.31 Å². The first kappa shape index (κ1) is 22.1. The number of piperidine rings is 1. The van der Waals surface area contributed by atoms with Crippen LogP contribution in [0.1, 0.15) is 35.2 Å². The molecule has 0 saturated carbocycles. The lowest BCUT2D eigenvalue weighted by molar-refractivity contribution is 0.0746. The van der Waals surface area contributed by atoms with Crippen LogP contribution in [0.15, 0.2) is 47.4 Å². The Bertz CT molecular complexity index is 1060. The molecule has 2 fully saturated rings. The maximum atomic E-state index is 13.1. The number of sulfonamides is 1. The summed E-state index contributed by atoms with van der Waals surface area (Å²) in [5.74, 6) is -0.157. The van der Waals surface area contributed by atoms with Crippen molar-refractivity contribution in [1.82, 2.24) is 9.21 Å². The fourth-order valence-electron chi connectivity index (χ4n) is 4.25. The number of carbonyl (C=O) groups excluding carboxylic acids is 1. The lowest BCUT2D eigenvalue weighted by Crippen LogP contribution is -2.48. The Balaban J connectivity index is 1.49. The van der Waals surface area contributed by atoms with Crippen molar-refractivity contribution in [2.75, 3.05) is 44.2 Å². The molecule has 0 spiro atoms. The molecule has 0 unspecified atom stereocenters. The van der Waals surface area contributed by atoms with Crippen LogP contribution in [-0.2, 0) is 10.0 Å². The minimum atomic E-state index is -3.71. The maximum absolute atomic E-state index is 13.1. The molecular formula is C23H28ClN3O3S. The molecule has 2 aromatic rings. The van der Waals surface area contributed by atoms with E-state index in [0.717, 1.165) is 38.0 Å². The number of nitrogens with zero attached hydrogens (tertiary/aromatic N) is 3. The van der Waals surface area contributed by atoms with Crippen LogP contribution in [0.25, 0.3) is 0 Å². The lowest BCUT2D eigenvalue weighted by Gasteiger charge is -2.36. The summed E-state index contributed by atoms with van der Waals surface area (Å²) in [6, 6.07) is 12.9. The first-order valence-corrected chi connectivity index (χ1v) is 12.6. The van der Waals surface area contributed by atoms with Gasteiger partial charge in [0.25, 0.3) is 5.91 Å². The van der Waals surface area contributed by atoms with Crippen LogP contribution in [0.3, 0.4) is 0 Å². The Morgan fingerprint density at radius 3 is 2.29 bits per heavy atom. The molecule has 2 aliphatic heterocycles. The van der Waals surface area contributed by atoms with E-state index >= 15 is 0 Å². The number of aryl methyl sites for hydroxylation is 1. The minimum absolute atomic E-state index is 0.0281. The van der Waals surface area contributed by atoms with Gasteiger partial charge in [-0.15, -0.1) is 0 Å². The Morgan fingerprint density at radius 1 is 0.903 bits per heavy atom. The highest BCUT2D eigenvalue weighted by Gasteiger charge is 2.30. The fourth-order valence-corrected chi connectivity index (χ4v) is 6.27. The van der Waals surface area contributed by atoms with Gasteiger partial charge in [-0.25, -0.2) is 8.42 Å². The summed E-state index contributed by atoms with van der Waals surface area (Å²) in [6.45, 7) is 5.71. The summed E-state index contributed by atoms with van der Waals surface area (Å²) in [5, 5.41) is 0.159. The van der Waals surface area contributed by atoms with Crippen molar-refractivity contribution in [3.8, 4) is 0 Å². The van der Waals surface area contributed by atoms with Crippen LogP contribution in [0.5, 0.6) is 0 Å². The number of hydrogen-bond donors (Lipinski definition) is 0. The quantitative estimate of drug-likeness (QED) is 0.695. The van der Waals surface area contributed by atoms with Gasteiger partial charge >= 0.3 is 0 Å². The van der Waals surface area contributed by atoms with E-state index in [-0.39, 0.29) is 15.8 Å². The third-order valence-electron chi connectivity index (χ3n) is 6.04. The van der Waals surface area contributed by atoms with E-state index < -0.39 is 10.0 Å². The van der Waals surface area contributed by atoms with Gasteiger partial charge in [-0.1, -0.05) is 30.2 Å². The van der Waals surface area contributed by atoms with Gasteiger partial charge < -0.3 is 9.80 Å². The van der Waals surface area contributed by atoms with E-state index in [4.69, 9.17) is 11.6 Å². The molecule has 2 aromatic carbocycles. The Morgan fingerprint density at radius 2 is 1.61 bits per heavy atom. The van der Waals surface area contributed by atoms with Crippen LogP contribution in [-0.4, -0.2) is 62.8 Å². The van der Waals surface area contributed by atoms with Crippen molar-refractivity contribution in [3.63, 3.8) is 0 Å². The molecule has 6 nitrogen and oxygen atoms in total. The average molecular weight is 462 g/mol. The van der Waals surface area contributed by atoms with Crippen LogP contribution in [0.2, 0.25) is 5.02 Å². The van der Waals surface area contributed by atoms with Crippen LogP contribution >= 0.6 is 11.6 Å². The standard InChI is InChI=1S/C23H28ClN3O3S/c1-18-6-5-7-20(16-18)25-12-14-26(15-13-25)23(28)19-8-9-21(24)22(17-19)31(29,30)27-10-3-2-4-11-27/h5-9,16-17H,2-4,10-15H2,1H3. The van der Waals surface area contributed by atoms with Gasteiger partial charge in [0.05, 0.1) is 5.02 Å². The number of anilines is 1. The minimum Gasteiger partial charge on any atom is -0.368 e. The first-order valence-electron chi connectivity index (χ1n) is 10.8. The van der Waals surface area contributed by atoms with Gasteiger partial charge in [0, 0.05) is 50.5 Å². The number of amides is 1. The second kappa shape index (κ2) is 9.18. The van der Waals surface area contributed by atoms with Gasteiger partial charge in [0.2, 0.25) is 10.0 Å². The monoisotopic (exact) mass is 461 g/mol. The summed E-state index contributed by atoms with van der Waals surface area (Å²) in [6.07, 6.45) is 2.73. The van der Waals surface area contributed by atoms with Crippen molar-refractivity contribution >= 4 is 33.2 Å². The van der Waals surface area contributed by atoms with Crippen LogP contribution < -0.4 is 4.90 Å². The number of rotatable bonds is 4. The molecule has 31 heavy (non-hydrogen) atoms. The number of halogens is 1. The van der Waals surface area contributed by atoms with Gasteiger partial charge in [-0.05, 0) is 55.7 Å². The topological polar surface area (TPSA) is 60.9 Å². The van der Waals surface area contributed by atoms with Crippen molar-refractivity contribution < 1.29 is 13.2 Å². The molecule has 0 atom stereocenters. The highest BCUT2D eigenvalue weighted by atomic mass is 35.5. The molecule has 0 radical (unpaired) electrons. The number of benzene rings is 2. The molecule has 1 amide bonds. The van der Waals surface area contributed by atoms with E-state index in [2.05, 4.69) is 30.0 Å². The molecule has 2 saturated heterocycles. The summed E-state index contributed by atoms with van der Waals surface area (Å²) < 4.78 is 27.7. The predicted molar refractivity (Wildman–Crippen MR) is 123 cm³/mol. The fraction of sp³-hybridized carbons (Fsp3) is 0.435. The highest BCUT2D eigenvalue weighted by Crippen LogP contribution is 2.28. The first-order chi connectivity index (χ1) is 14.9. The highest BCUT2D eigenvalue weighted by molar-refractivity contribution is 7.89. The van der Waals surface area contributed by atoms with Crippen LogP contribution in [0, 0.1) is 6.92 Å². The number of carbonyl (C=O) groups is 1. The largest absolute Gasteiger partial charge is 0.368 e. The summed E-state index contributed by atoms with van der Waals surface area (Å²) >= 11 is 6.25. The second-order valence-corrected chi connectivity index (χ2v) is 10.5.